The van der Waals surface area contributed by atoms with Crippen LogP contribution in [0.25, 0.3) is 0 Å². The molecule has 92 valence electrons. The fourth-order valence-electron chi connectivity index (χ4n) is 1.38. The van der Waals surface area contributed by atoms with E-state index in [1.807, 2.05) is 18.2 Å². The Morgan fingerprint density at radius 3 is 2.76 bits per heavy atom. The number of hydrogen-bond donors (Lipinski definition) is 1. The number of ether oxygens (including phenoxy) is 1. The molecule has 1 aromatic carbocycles. The molecule has 17 heavy (non-hydrogen) atoms. The van der Waals surface area contributed by atoms with Crippen LogP contribution in [-0.4, -0.2) is 31.7 Å². The summed E-state index contributed by atoms with van der Waals surface area (Å²) >= 11 is 8.34. The van der Waals surface area contributed by atoms with Crippen LogP contribution in [-0.2, 0) is 9.53 Å². The third-order valence-electron chi connectivity index (χ3n) is 2.23. The molecule has 1 rings (SSSR count). The number of esters is 1. The zero-order valence-electron chi connectivity index (χ0n) is 9.57. The van der Waals surface area contributed by atoms with Crippen LogP contribution >= 0.6 is 28.1 Å². The van der Waals surface area contributed by atoms with Crippen molar-refractivity contribution in [2.45, 2.75) is 0 Å². The second-order valence-electron chi connectivity index (χ2n) is 3.46. The quantitative estimate of drug-likeness (QED) is 0.676. The summed E-state index contributed by atoms with van der Waals surface area (Å²) in [6, 6.07) is 5.54. The summed E-state index contributed by atoms with van der Waals surface area (Å²) in [4.78, 5) is 13.2. The second kappa shape index (κ2) is 5.97. The van der Waals surface area contributed by atoms with Crippen molar-refractivity contribution in [1.29, 1.82) is 0 Å². The predicted molar refractivity (Wildman–Crippen MR) is 75.3 cm³/mol. The Morgan fingerprint density at radius 2 is 2.24 bits per heavy atom. The minimum Gasteiger partial charge on any atom is -0.468 e. The van der Waals surface area contributed by atoms with E-state index >= 15 is 0 Å². The molecule has 4 nitrogen and oxygen atoms in total. The Kier molecular flexibility index (Phi) is 4.89. The Morgan fingerprint density at radius 1 is 1.59 bits per heavy atom. The van der Waals surface area contributed by atoms with E-state index in [9.17, 15) is 4.79 Å². The molecule has 0 radical (unpaired) electrons. The molecule has 0 aliphatic carbocycles. The molecule has 0 heterocycles. The van der Waals surface area contributed by atoms with Gasteiger partial charge in [0, 0.05) is 22.8 Å². The minimum atomic E-state index is -0.315. The van der Waals surface area contributed by atoms with Crippen molar-refractivity contribution >= 4 is 44.8 Å². The summed E-state index contributed by atoms with van der Waals surface area (Å²) in [5.74, 6) is -0.315. The summed E-state index contributed by atoms with van der Waals surface area (Å²) in [5.41, 5.74) is 7.17. The highest BCUT2D eigenvalue weighted by Crippen LogP contribution is 2.23. The predicted octanol–water partition coefficient (Wildman–Crippen LogP) is 1.69. The van der Waals surface area contributed by atoms with E-state index < -0.39 is 0 Å². The van der Waals surface area contributed by atoms with Crippen molar-refractivity contribution in [2.24, 2.45) is 5.73 Å². The van der Waals surface area contributed by atoms with Crippen molar-refractivity contribution in [3.05, 3.63) is 28.2 Å². The lowest BCUT2D eigenvalue weighted by atomic mass is 10.1. The van der Waals surface area contributed by atoms with Crippen LogP contribution in [0.1, 0.15) is 5.56 Å². The van der Waals surface area contributed by atoms with Gasteiger partial charge in [-0.25, -0.2) is 0 Å². The Balaban J connectivity index is 3.04. The Bertz CT molecular complexity index is 451. The van der Waals surface area contributed by atoms with Crippen molar-refractivity contribution in [1.82, 2.24) is 0 Å². The average Bonchev–Trinajstić information content (AvgIpc) is 2.28. The molecule has 0 fully saturated rings. The number of nitrogens with two attached hydrogens (primary N) is 1. The number of benzene rings is 1. The van der Waals surface area contributed by atoms with Crippen LogP contribution in [0.4, 0.5) is 5.69 Å². The third-order valence-corrected chi connectivity index (χ3v) is 2.94. The van der Waals surface area contributed by atoms with E-state index in [-0.39, 0.29) is 17.5 Å². The van der Waals surface area contributed by atoms with E-state index in [2.05, 4.69) is 20.7 Å². The zero-order valence-corrected chi connectivity index (χ0v) is 12.0. The summed E-state index contributed by atoms with van der Waals surface area (Å²) in [6.07, 6.45) is 0. The largest absolute Gasteiger partial charge is 0.468 e. The fourth-order valence-corrected chi connectivity index (χ4v) is 1.91. The Hall–Kier alpha value is -1.14. The first-order chi connectivity index (χ1) is 7.95. The number of hydrogen-bond acceptors (Lipinski definition) is 4. The van der Waals surface area contributed by atoms with Crippen molar-refractivity contribution in [2.75, 3.05) is 25.6 Å². The minimum absolute atomic E-state index is 0.147. The molecular weight excluding hydrogens is 304 g/mol. The van der Waals surface area contributed by atoms with Crippen molar-refractivity contribution < 1.29 is 9.53 Å². The maximum atomic E-state index is 11.2. The number of nitrogens with zero attached hydrogens (tertiary/aromatic N) is 1. The van der Waals surface area contributed by atoms with E-state index in [1.165, 1.54) is 7.11 Å². The molecule has 0 atom stereocenters. The molecule has 0 aliphatic heterocycles. The van der Waals surface area contributed by atoms with Crippen molar-refractivity contribution in [3.63, 3.8) is 0 Å². The number of carbonyl (C=O) groups is 1. The highest BCUT2D eigenvalue weighted by molar-refractivity contribution is 9.10. The normalized spacial score (nSPS) is 9.82. The van der Waals surface area contributed by atoms with Gasteiger partial charge < -0.3 is 15.4 Å². The molecule has 0 saturated carbocycles. The lowest BCUT2D eigenvalue weighted by molar-refractivity contribution is -0.138. The van der Waals surface area contributed by atoms with Crippen LogP contribution in [0, 0.1) is 0 Å². The number of methoxy groups -OCH3 is 1. The van der Waals surface area contributed by atoms with Gasteiger partial charge in [-0.3, -0.25) is 4.79 Å². The topological polar surface area (TPSA) is 55.6 Å². The molecule has 0 spiro atoms. The first-order valence-electron chi connectivity index (χ1n) is 4.83. The maximum Gasteiger partial charge on any atom is 0.325 e. The van der Waals surface area contributed by atoms with Gasteiger partial charge in [0.15, 0.2) is 0 Å². The molecule has 0 unspecified atom stereocenters. The van der Waals surface area contributed by atoms with Gasteiger partial charge in [-0.15, -0.1) is 0 Å². The third kappa shape index (κ3) is 3.67. The summed E-state index contributed by atoms with van der Waals surface area (Å²) in [5, 5.41) is 0. The number of anilines is 1. The van der Waals surface area contributed by atoms with Crippen LogP contribution < -0.4 is 10.6 Å². The van der Waals surface area contributed by atoms with Gasteiger partial charge in [0.1, 0.15) is 11.5 Å². The number of carbonyl (C=O) groups excluding carboxylic acids is 1. The van der Waals surface area contributed by atoms with Gasteiger partial charge >= 0.3 is 5.97 Å². The van der Waals surface area contributed by atoms with Crippen LogP contribution in [0.3, 0.4) is 0 Å². The van der Waals surface area contributed by atoms with E-state index in [1.54, 1.807) is 11.9 Å². The lowest BCUT2D eigenvalue weighted by Gasteiger charge is -2.21. The van der Waals surface area contributed by atoms with Crippen molar-refractivity contribution in [3.8, 4) is 0 Å². The van der Waals surface area contributed by atoms with Gasteiger partial charge in [0.2, 0.25) is 0 Å². The highest BCUT2D eigenvalue weighted by atomic mass is 79.9. The first-order valence-corrected chi connectivity index (χ1v) is 6.03. The molecule has 0 amide bonds. The maximum absolute atomic E-state index is 11.2. The van der Waals surface area contributed by atoms with Crippen LogP contribution in [0.5, 0.6) is 0 Å². The number of likely N-dealkylation sites (N-methyl/N-ethyl adjacent to an activating group) is 1. The molecule has 6 heteroatoms. The van der Waals surface area contributed by atoms with Gasteiger partial charge in [-0.05, 0) is 18.2 Å². The highest BCUT2D eigenvalue weighted by Gasteiger charge is 2.13. The summed E-state index contributed by atoms with van der Waals surface area (Å²) in [7, 11) is 3.13. The number of rotatable bonds is 4. The number of halogens is 1. The first kappa shape index (κ1) is 13.9. The van der Waals surface area contributed by atoms with Crippen LogP contribution in [0.2, 0.25) is 0 Å². The summed E-state index contributed by atoms with van der Waals surface area (Å²) in [6.45, 7) is 0.147. The molecule has 0 aliphatic rings. The summed E-state index contributed by atoms with van der Waals surface area (Å²) < 4.78 is 5.50. The van der Waals surface area contributed by atoms with Gasteiger partial charge in [-0.2, -0.15) is 0 Å². The number of thiocarbonyl (C=S) groups is 1. The monoisotopic (exact) mass is 316 g/mol. The SMILES string of the molecule is COC(=O)CN(C)c1ccc(Br)cc1C(N)=S. The molecule has 0 bridgehead atoms. The molecule has 0 saturated heterocycles. The van der Waals surface area contributed by atoms with E-state index in [0.717, 1.165) is 15.7 Å². The molecule has 0 aromatic heterocycles. The fraction of sp³-hybridized carbons (Fsp3) is 0.273. The van der Waals surface area contributed by atoms with Crippen LogP contribution in [0.15, 0.2) is 22.7 Å². The molecular formula is C11H13BrN2O2S. The second-order valence-corrected chi connectivity index (χ2v) is 4.81. The lowest BCUT2D eigenvalue weighted by Crippen LogP contribution is -2.28. The average molecular weight is 317 g/mol. The van der Waals surface area contributed by atoms with Gasteiger partial charge in [-0.1, -0.05) is 28.1 Å². The zero-order chi connectivity index (χ0) is 13.0. The smallest absolute Gasteiger partial charge is 0.325 e. The van der Waals surface area contributed by atoms with E-state index in [0.29, 0.717) is 0 Å². The van der Waals surface area contributed by atoms with E-state index in [4.69, 9.17) is 18.0 Å². The molecule has 2 N–H and O–H groups in total. The molecule has 1 aromatic rings. The van der Waals surface area contributed by atoms with Gasteiger partial charge in [0.25, 0.3) is 0 Å². The standard InChI is InChI=1S/C11H13BrN2O2S/c1-14(6-10(15)16-2)9-4-3-7(12)5-8(9)11(13)17/h3-5H,6H2,1-2H3,(H2,13,17). The van der Waals surface area contributed by atoms with Gasteiger partial charge in [0.05, 0.1) is 7.11 Å². The Labute approximate surface area is 114 Å².